The summed E-state index contributed by atoms with van der Waals surface area (Å²) in [6.45, 7) is 0.660. The Morgan fingerprint density at radius 2 is 1.70 bits per heavy atom. The molecule has 1 aromatic rings. The summed E-state index contributed by atoms with van der Waals surface area (Å²) in [5.74, 6) is -1.26. The van der Waals surface area contributed by atoms with Gasteiger partial charge in [0.1, 0.15) is 6.04 Å². The van der Waals surface area contributed by atoms with E-state index in [9.17, 15) is 18.3 Å². The molecule has 0 radical (unpaired) electrons. The molecule has 7 nitrogen and oxygen atoms in total. The van der Waals surface area contributed by atoms with E-state index in [0.29, 0.717) is 24.2 Å². The van der Waals surface area contributed by atoms with Crippen LogP contribution in [0.25, 0.3) is 0 Å². The number of hydrogen-bond donors (Lipinski definition) is 3. The number of hydrogen-bond acceptors (Lipinski definition) is 4. The molecular weight excluding hydrogens is 320 g/mol. The summed E-state index contributed by atoms with van der Waals surface area (Å²) in [5, 5.41) is 18.4. The highest BCUT2D eigenvalue weighted by molar-refractivity contribution is 7.87. The molecule has 1 saturated heterocycles. The van der Waals surface area contributed by atoms with Crippen molar-refractivity contribution in [1.29, 1.82) is 0 Å². The van der Waals surface area contributed by atoms with Crippen LogP contribution in [-0.2, 0) is 21.6 Å². The molecule has 3 N–H and O–H groups in total. The van der Waals surface area contributed by atoms with Crippen molar-refractivity contribution in [1.82, 2.24) is 9.03 Å². The molecule has 1 heterocycles. The smallest absolute Gasteiger partial charge is 0.326 e. The average Bonchev–Trinajstić information content (AvgIpc) is 2.82. The van der Waals surface area contributed by atoms with E-state index in [1.165, 1.54) is 16.4 Å². The fraction of sp³-hybridized carbons (Fsp3) is 0.533. The van der Waals surface area contributed by atoms with Gasteiger partial charge in [0.2, 0.25) is 0 Å². The first kappa shape index (κ1) is 17.9. The van der Waals surface area contributed by atoms with Crippen molar-refractivity contribution in [3.8, 4) is 0 Å². The first-order valence-corrected chi connectivity index (χ1v) is 9.08. The maximum Gasteiger partial charge on any atom is 0.326 e. The number of carboxylic acid groups (broad SMARTS) is 1. The topological polar surface area (TPSA) is 107 Å². The van der Waals surface area contributed by atoms with Gasteiger partial charge in [-0.3, -0.25) is 4.79 Å². The Labute approximate surface area is 136 Å². The van der Waals surface area contributed by atoms with Gasteiger partial charge in [-0.15, -0.1) is 0 Å². The average molecular weight is 342 g/mol. The fourth-order valence-electron chi connectivity index (χ4n) is 2.58. The van der Waals surface area contributed by atoms with Crippen LogP contribution in [0.4, 0.5) is 0 Å². The second kappa shape index (κ2) is 7.87. The lowest BCUT2D eigenvalue weighted by Gasteiger charge is -2.23. The normalized spacial score (nSPS) is 18.3. The van der Waals surface area contributed by atoms with Crippen LogP contribution in [0.15, 0.2) is 24.3 Å². The Morgan fingerprint density at radius 3 is 2.17 bits per heavy atom. The van der Waals surface area contributed by atoms with E-state index < -0.39 is 22.2 Å². The molecule has 2 rings (SSSR count). The van der Waals surface area contributed by atoms with Gasteiger partial charge in [0.05, 0.1) is 6.61 Å². The zero-order valence-electron chi connectivity index (χ0n) is 12.8. The second-order valence-corrected chi connectivity index (χ2v) is 7.31. The number of rotatable bonds is 6. The van der Waals surface area contributed by atoms with E-state index >= 15 is 0 Å². The number of aliphatic hydroxyl groups excluding tert-OH is 1. The Hall–Kier alpha value is -1.48. The molecule has 1 unspecified atom stereocenters. The van der Waals surface area contributed by atoms with Gasteiger partial charge in [0, 0.05) is 13.1 Å². The van der Waals surface area contributed by atoms with E-state index in [2.05, 4.69) is 4.72 Å². The standard InChI is InChI=1S/C15H22N2O5S/c18-11-12-5-7-13(8-6-12)14(15(19)20)16-23(21,22)17-9-3-1-2-4-10-17/h5-8,14,16,18H,1-4,9-11H2,(H,19,20). The third-order valence-corrected chi connectivity index (χ3v) is 5.49. The summed E-state index contributed by atoms with van der Waals surface area (Å²) in [7, 11) is -3.86. The van der Waals surface area contributed by atoms with Crippen molar-refractivity contribution in [2.24, 2.45) is 0 Å². The monoisotopic (exact) mass is 342 g/mol. The van der Waals surface area contributed by atoms with Gasteiger partial charge in [0.25, 0.3) is 10.2 Å². The van der Waals surface area contributed by atoms with Gasteiger partial charge in [-0.1, -0.05) is 37.1 Å². The van der Waals surface area contributed by atoms with Crippen LogP contribution in [-0.4, -0.2) is 42.0 Å². The summed E-state index contributed by atoms with van der Waals surface area (Å²) in [6.07, 6.45) is 3.53. The molecule has 1 aliphatic rings. The molecule has 23 heavy (non-hydrogen) atoms. The molecule has 0 spiro atoms. The predicted molar refractivity (Wildman–Crippen MR) is 84.8 cm³/mol. The second-order valence-electron chi connectivity index (χ2n) is 5.61. The molecule has 0 saturated carbocycles. The molecule has 0 aliphatic carbocycles. The fourth-order valence-corrected chi connectivity index (χ4v) is 4.00. The lowest BCUT2D eigenvalue weighted by atomic mass is 10.1. The van der Waals surface area contributed by atoms with Crippen molar-refractivity contribution in [3.05, 3.63) is 35.4 Å². The van der Waals surface area contributed by atoms with Crippen LogP contribution in [0.2, 0.25) is 0 Å². The van der Waals surface area contributed by atoms with Crippen molar-refractivity contribution < 1.29 is 23.4 Å². The van der Waals surface area contributed by atoms with Crippen LogP contribution < -0.4 is 4.72 Å². The number of aliphatic hydroxyl groups is 1. The summed E-state index contributed by atoms with van der Waals surface area (Å²) < 4.78 is 28.5. The lowest BCUT2D eigenvalue weighted by Crippen LogP contribution is -2.44. The minimum Gasteiger partial charge on any atom is -0.480 e. The highest BCUT2D eigenvalue weighted by Gasteiger charge is 2.30. The number of nitrogens with zero attached hydrogens (tertiary/aromatic N) is 1. The molecule has 128 valence electrons. The van der Waals surface area contributed by atoms with Crippen molar-refractivity contribution in [2.75, 3.05) is 13.1 Å². The van der Waals surface area contributed by atoms with Crippen LogP contribution in [0, 0.1) is 0 Å². The van der Waals surface area contributed by atoms with Gasteiger partial charge in [-0.2, -0.15) is 17.4 Å². The van der Waals surface area contributed by atoms with Gasteiger partial charge >= 0.3 is 5.97 Å². The summed E-state index contributed by atoms with van der Waals surface area (Å²) in [5.41, 5.74) is 0.960. The zero-order valence-corrected chi connectivity index (χ0v) is 13.6. The quantitative estimate of drug-likeness (QED) is 0.715. The van der Waals surface area contributed by atoms with Gasteiger partial charge in [0.15, 0.2) is 0 Å². The molecule has 0 aromatic heterocycles. The minimum atomic E-state index is -3.86. The Bertz CT molecular complexity index is 622. The van der Waals surface area contributed by atoms with E-state index in [4.69, 9.17) is 5.11 Å². The number of carbonyl (C=O) groups is 1. The van der Waals surface area contributed by atoms with E-state index in [1.54, 1.807) is 12.1 Å². The largest absolute Gasteiger partial charge is 0.480 e. The molecule has 1 aromatic carbocycles. The van der Waals surface area contributed by atoms with Crippen molar-refractivity contribution in [2.45, 2.75) is 38.3 Å². The molecule has 0 amide bonds. The van der Waals surface area contributed by atoms with Crippen LogP contribution in [0.1, 0.15) is 42.9 Å². The third kappa shape index (κ3) is 4.74. The Kier molecular flexibility index (Phi) is 6.11. The maximum atomic E-state index is 12.5. The molecule has 1 atom stereocenters. The maximum absolute atomic E-state index is 12.5. The number of benzene rings is 1. The van der Waals surface area contributed by atoms with Crippen molar-refractivity contribution in [3.63, 3.8) is 0 Å². The highest BCUT2D eigenvalue weighted by atomic mass is 32.2. The summed E-state index contributed by atoms with van der Waals surface area (Å²) in [4.78, 5) is 11.5. The predicted octanol–water partition coefficient (Wildman–Crippen LogP) is 1.01. The van der Waals surface area contributed by atoms with Crippen LogP contribution >= 0.6 is 0 Å². The van der Waals surface area contributed by atoms with E-state index in [0.717, 1.165) is 25.7 Å². The summed E-state index contributed by atoms with van der Waals surface area (Å²) in [6, 6.07) is 4.82. The third-order valence-electron chi connectivity index (χ3n) is 3.91. The lowest BCUT2D eigenvalue weighted by molar-refractivity contribution is -0.139. The van der Waals surface area contributed by atoms with Crippen molar-refractivity contribution >= 4 is 16.2 Å². The molecule has 0 bridgehead atoms. The first-order chi connectivity index (χ1) is 10.9. The first-order valence-electron chi connectivity index (χ1n) is 7.64. The summed E-state index contributed by atoms with van der Waals surface area (Å²) >= 11 is 0. The minimum absolute atomic E-state index is 0.155. The molecule has 8 heteroatoms. The highest BCUT2D eigenvalue weighted by Crippen LogP contribution is 2.19. The van der Waals surface area contributed by atoms with E-state index in [1.807, 2.05) is 0 Å². The number of nitrogens with one attached hydrogen (secondary N) is 1. The Morgan fingerprint density at radius 1 is 1.13 bits per heavy atom. The number of aliphatic carboxylic acids is 1. The molecule has 1 aliphatic heterocycles. The van der Waals surface area contributed by atoms with E-state index in [-0.39, 0.29) is 6.61 Å². The van der Waals surface area contributed by atoms with Gasteiger partial charge < -0.3 is 10.2 Å². The number of carboxylic acids is 1. The SMILES string of the molecule is O=C(O)C(NS(=O)(=O)N1CCCCCC1)c1ccc(CO)cc1. The molecular formula is C15H22N2O5S. The van der Waals surface area contributed by atoms with Crippen LogP contribution in [0.5, 0.6) is 0 Å². The van der Waals surface area contributed by atoms with Gasteiger partial charge in [-0.25, -0.2) is 0 Å². The zero-order chi connectivity index (χ0) is 16.9. The van der Waals surface area contributed by atoms with Gasteiger partial charge in [-0.05, 0) is 24.0 Å². The molecule has 1 fully saturated rings. The van der Waals surface area contributed by atoms with Crippen LogP contribution in [0.3, 0.4) is 0 Å². The Balaban J connectivity index is 2.18.